The summed E-state index contributed by atoms with van der Waals surface area (Å²) in [4.78, 5) is 31.5. The molecule has 6 heteroatoms. The van der Waals surface area contributed by atoms with Gasteiger partial charge in [-0.15, -0.1) is 11.3 Å². The molecule has 142 valence electrons. The van der Waals surface area contributed by atoms with Crippen molar-refractivity contribution in [3.8, 4) is 0 Å². The molecule has 0 unspecified atom stereocenters. The van der Waals surface area contributed by atoms with E-state index in [1.54, 1.807) is 11.3 Å². The van der Waals surface area contributed by atoms with Crippen LogP contribution in [-0.4, -0.2) is 22.1 Å². The Kier molecular flexibility index (Phi) is 5.24. The molecule has 1 aliphatic carbocycles. The molecule has 3 rings (SSSR count). The molecule has 2 aromatic heterocycles. The van der Waals surface area contributed by atoms with Crippen molar-refractivity contribution in [1.82, 2.24) is 9.55 Å². The Bertz CT molecular complexity index is 874. The van der Waals surface area contributed by atoms with Gasteiger partial charge in [0.2, 0.25) is 0 Å². The Morgan fingerprint density at radius 3 is 2.81 bits per heavy atom. The number of fused-ring (bicyclic) bond motifs is 3. The maximum atomic E-state index is 12.9. The summed E-state index contributed by atoms with van der Waals surface area (Å²) in [6.45, 7) is 11.1. The van der Waals surface area contributed by atoms with Crippen LogP contribution in [0.15, 0.2) is 11.1 Å². The number of nitrogens with zero attached hydrogens (tertiary/aromatic N) is 2. The molecule has 0 aliphatic heterocycles. The number of hydrogen-bond donors (Lipinski definition) is 0. The van der Waals surface area contributed by atoms with Gasteiger partial charge in [0.05, 0.1) is 18.3 Å². The Labute approximate surface area is 158 Å². The molecular weight excluding hydrogens is 348 g/mol. The van der Waals surface area contributed by atoms with Crippen LogP contribution in [0.25, 0.3) is 10.2 Å². The minimum absolute atomic E-state index is 0.0796. The Hall–Kier alpha value is -1.69. The number of aromatic nitrogens is 2. The molecule has 0 N–H and O–H groups in total. The van der Waals surface area contributed by atoms with Gasteiger partial charge >= 0.3 is 5.97 Å². The summed E-state index contributed by atoms with van der Waals surface area (Å²) >= 11 is 1.63. The normalized spacial score (nSPS) is 17.5. The first-order chi connectivity index (χ1) is 12.2. The minimum Gasteiger partial charge on any atom is -0.464 e. The van der Waals surface area contributed by atoms with Gasteiger partial charge in [-0.3, -0.25) is 14.2 Å². The molecule has 2 aromatic rings. The third-order valence-electron chi connectivity index (χ3n) is 5.14. The fourth-order valence-corrected chi connectivity index (χ4v) is 4.75. The maximum Gasteiger partial charge on any atom is 0.326 e. The predicted octanol–water partition coefficient (Wildman–Crippen LogP) is 3.81. The highest BCUT2D eigenvalue weighted by Gasteiger charge is 2.31. The second-order valence-corrected chi connectivity index (χ2v) is 9.83. The molecule has 0 spiro atoms. The van der Waals surface area contributed by atoms with E-state index in [4.69, 9.17) is 4.74 Å². The van der Waals surface area contributed by atoms with E-state index in [1.807, 2.05) is 13.8 Å². The average Bonchev–Trinajstić information content (AvgIpc) is 2.93. The van der Waals surface area contributed by atoms with Crippen LogP contribution >= 0.6 is 11.3 Å². The standard InChI is InChI=1S/C20H28N2O3S/c1-12(2)10-25-16(23)9-22-11-21-18-17(19(22)24)14-7-6-13(20(3,4)5)8-15(14)26-18/h11-13H,6-10H2,1-5H3/t13-/m1/s1. The lowest BCUT2D eigenvalue weighted by molar-refractivity contribution is -0.145. The van der Waals surface area contributed by atoms with Gasteiger partial charge in [0.15, 0.2) is 0 Å². The van der Waals surface area contributed by atoms with E-state index in [-0.39, 0.29) is 29.4 Å². The molecule has 0 radical (unpaired) electrons. The zero-order chi connectivity index (χ0) is 19.1. The van der Waals surface area contributed by atoms with Crippen molar-refractivity contribution >= 4 is 27.5 Å². The van der Waals surface area contributed by atoms with E-state index in [1.165, 1.54) is 15.8 Å². The molecule has 26 heavy (non-hydrogen) atoms. The van der Waals surface area contributed by atoms with Gasteiger partial charge < -0.3 is 4.74 Å². The van der Waals surface area contributed by atoms with Crippen molar-refractivity contribution in [2.24, 2.45) is 17.3 Å². The highest BCUT2D eigenvalue weighted by Crippen LogP contribution is 2.41. The number of hydrogen-bond acceptors (Lipinski definition) is 5. The monoisotopic (exact) mass is 376 g/mol. The Morgan fingerprint density at radius 2 is 2.15 bits per heavy atom. The zero-order valence-electron chi connectivity index (χ0n) is 16.3. The van der Waals surface area contributed by atoms with Crippen molar-refractivity contribution in [3.63, 3.8) is 0 Å². The summed E-state index contributed by atoms with van der Waals surface area (Å²) in [5.41, 5.74) is 1.29. The van der Waals surface area contributed by atoms with E-state index in [0.29, 0.717) is 17.9 Å². The van der Waals surface area contributed by atoms with Crippen molar-refractivity contribution in [1.29, 1.82) is 0 Å². The van der Waals surface area contributed by atoms with Crippen molar-refractivity contribution in [2.75, 3.05) is 6.61 Å². The first-order valence-electron chi connectivity index (χ1n) is 9.32. The van der Waals surface area contributed by atoms with Gasteiger partial charge in [-0.25, -0.2) is 4.98 Å². The van der Waals surface area contributed by atoms with E-state index < -0.39 is 0 Å². The number of thiophene rings is 1. The fraction of sp³-hybridized carbons (Fsp3) is 0.650. The van der Waals surface area contributed by atoms with Crippen LogP contribution in [0.5, 0.6) is 0 Å². The summed E-state index contributed by atoms with van der Waals surface area (Å²) in [6, 6.07) is 0. The van der Waals surface area contributed by atoms with Crippen LogP contribution in [0.2, 0.25) is 0 Å². The van der Waals surface area contributed by atoms with Crippen LogP contribution in [0.4, 0.5) is 0 Å². The smallest absolute Gasteiger partial charge is 0.326 e. The molecule has 1 aliphatic rings. The summed E-state index contributed by atoms with van der Waals surface area (Å²) in [5.74, 6) is 0.506. The summed E-state index contributed by atoms with van der Waals surface area (Å²) in [5, 5.41) is 0.705. The first-order valence-corrected chi connectivity index (χ1v) is 10.1. The lowest BCUT2D eigenvalue weighted by Gasteiger charge is -2.33. The van der Waals surface area contributed by atoms with Crippen LogP contribution in [-0.2, 0) is 28.9 Å². The number of aryl methyl sites for hydroxylation is 1. The average molecular weight is 377 g/mol. The predicted molar refractivity (Wildman–Crippen MR) is 105 cm³/mol. The zero-order valence-corrected chi connectivity index (χ0v) is 17.1. The number of esters is 1. The second kappa shape index (κ2) is 7.14. The Morgan fingerprint density at radius 1 is 1.42 bits per heavy atom. The van der Waals surface area contributed by atoms with Crippen molar-refractivity contribution in [2.45, 2.75) is 60.4 Å². The van der Waals surface area contributed by atoms with Gasteiger partial charge in [0.25, 0.3) is 5.56 Å². The summed E-state index contributed by atoms with van der Waals surface area (Å²) in [6.07, 6.45) is 4.49. The lowest BCUT2D eigenvalue weighted by atomic mass is 9.72. The third-order valence-corrected chi connectivity index (χ3v) is 6.30. The van der Waals surface area contributed by atoms with Gasteiger partial charge in [-0.2, -0.15) is 0 Å². The van der Waals surface area contributed by atoms with Crippen molar-refractivity contribution in [3.05, 3.63) is 27.1 Å². The summed E-state index contributed by atoms with van der Waals surface area (Å²) in [7, 11) is 0. The maximum absolute atomic E-state index is 12.9. The molecule has 0 saturated carbocycles. The molecule has 0 bridgehead atoms. The SMILES string of the molecule is CC(C)COC(=O)Cn1cnc2sc3c(c2c1=O)CC[C@@H](C(C)(C)C)C3. The van der Waals surface area contributed by atoms with Crippen molar-refractivity contribution < 1.29 is 9.53 Å². The van der Waals surface area contributed by atoms with Crippen LogP contribution < -0.4 is 5.56 Å². The van der Waals surface area contributed by atoms with Crippen LogP contribution in [0.3, 0.4) is 0 Å². The number of ether oxygens (including phenoxy) is 1. The highest BCUT2D eigenvalue weighted by atomic mass is 32.1. The molecule has 1 atom stereocenters. The van der Waals surface area contributed by atoms with Gasteiger partial charge in [-0.05, 0) is 42.1 Å². The van der Waals surface area contributed by atoms with E-state index in [9.17, 15) is 9.59 Å². The van der Waals surface area contributed by atoms with Gasteiger partial charge in [0.1, 0.15) is 11.4 Å². The molecule has 2 heterocycles. The molecule has 0 aromatic carbocycles. The van der Waals surface area contributed by atoms with E-state index in [0.717, 1.165) is 29.7 Å². The van der Waals surface area contributed by atoms with E-state index in [2.05, 4.69) is 25.8 Å². The second-order valence-electron chi connectivity index (χ2n) is 8.74. The molecular formula is C20H28N2O3S. The topological polar surface area (TPSA) is 61.2 Å². The van der Waals surface area contributed by atoms with E-state index >= 15 is 0 Å². The molecule has 0 amide bonds. The third kappa shape index (κ3) is 3.85. The lowest BCUT2D eigenvalue weighted by Crippen LogP contribution is -2.28. The fourth-order valence-electron chi connectivity index (χ4n) is 3.50. The Balaban J connectivity index is 1.89. The molecule has 0 saturated heterocycles. The number of rotatable bonds is 4. The van der Waals surface area contributed by atoms with Crippen LogP contribution in [0, 0.1) is 17.3 Å². The van der Waals surface area contributed by atoms with Crippen LogP contribution in [0.1, 0.15) is 51.5 Å². The van der Waals surface area contributed by atoms with Gasteiger partial charge in [-0.1, -0.05) is 34.6 Å². The number of carbonyl (C=O) groups excluding carboxylic acids is 1. The largest absolute Gasteiger partial charge is 0.464 e. The quantitative estimate of drug-likeness (QED) is 0.761. The number of carbonyl (C=O) groups is 1. The molecule has 5 nitrogen and oxygen atoms in total. The first kappa shape index (κ1) is 19.1. The highest BCUT2D eigenvalue weighted by molar-refractivity contribution is 7.18. The molecule has 0 fully saturated rings. The minimum atomic E-state index is -0.390. The van der Waals surface area contributed by atoms with Gasteiger partial charge in [0, 0.05) is 4.88 Å². The summed E-state index contributed by atoms with van der Waals surface area (Å²) < 4.78 is 6.58.